The van der Waals surface area contributed by atoms with Crippen LogP contribution in [0.3, 0.4) is 0 Å². The first-order chi connectivity index (χ1) is 14.4. The third-order valence-electron chi connectivity index (χ3n) is 5.32. The fourth-order valence-electron chi connectivity index (χ4n) is 3.92. The number of carbonyl (C=O) groups is 2. The van der Waals surface area contributed by atoms with Gasteiger partial charge in [-0.05, 0) is 38.2 Å². The van der Waals surface area contributed by atoms with Crippen LogP contribution in [0.15, 0.2) is 36.5 Å². The highest BCUT2D eigenvalue weighted by Gasteiger charge is 2.31. The van der Waals surface area contributed by atoms with Crippen molar-refractivity contribution in [3.8, 4) is 17.6 Å². The molecule has 0 bridgehead atoms. The number of ether oxygens (including phenoxy) is 1. The van der Waals surface area contributed by atoms with Crippen molar-refractivity contribution in [3.05, 3.63) is 64.6 Å². The molecule has 1 aliphatic heterocycles. The van der Waals surface area contributed by atoms with Crippen LogP contribution >= 0.6 is 0 Å². The molecular weight excluding hydrogens is 378 g/mol. The van der Waals surface area contributed by atoms with Crippen LogP contribution in [-0.4, -0.2) is 40.1 Å². The van der Waals surface area contributed by atoms with Crippen LogP contribution < -0.4 is 4.74 Å². The Morgan fingerprint density at radius 1 is 1.23 bits per heavy atom. The molecule has 1 aromatic carbocycles. The van der Waals surface area contributed by atoms with E-state index in [-0.39, 0.29) is 17.8 Å². The normalized spacial score (nSPS) is 15.0. The van der Waals surface area contributed by atoms with E-state index in [1.54, 1.807) is 38.5 Å². The van der Waals surface area contributed by atoms with Gasteiger partial charge in [0, 0.05) is 25.9 Å². The highest BCUT2D eigenvalue weighted by molar-refractivity contribution is 6.09. The molecule has 1 atom stereocenters. The third-order valence-corrected chi connectivity index (χ3v) is 5.32. The summed E-state index contributed by atoms with van der Waals surface area (Å²) in [5.74, 6) is 5.32. The smallest absolute Gasteiger partial charge is 0.255 e. The van der Waals surface area contributed by atoms with Crippen molar-refractivity contribution in [2.75, 3.05) is 14.1 Å². The zero-order chi connectivity index (χ0) is 21.4. The Kier molecular flexibility index (Phi) is 5.04. The second kappa shape index (κ2) is 7.68. The topological polar surface area (TPSA) is 63.9 Å². The standard InChI is InChI=1S/C24H23N3O3/c1-5-9-19(28)21-15(2)25-23-22-17(18(14-27(21)23)24(29)26(3)4)12-13-20(30-22)16-10-7-6-8-11-16/h6-8,10-11,14,20H,12-13H2,1-4H3. The number of amides is 1. The number of benzene rings is 1. The molecule has 1 amide bonds. The number of hydrogen-bond donors (Lipinski definition) is 0. The van der Waals surface area contributed by atoms with Gasteiger partial charge in [-0.1, -0.05) is 36.3 Å². The van der Waals surface area contributed by atoms with Crippen molar-refractivity contribution in [3.63, 3.8) is 0 Å². The van der Waals surface area contributed by atoms with E-state index in [2.05, 4.69) is 16.8 Å². The van der Waals surface area contributed by atoms with Crippen LogP contribution in [0.4, 0.5) is 0 Å². The van der Waals surface area contributed by atoms with Crippen LogP contribution in [0, 0.1) is 18.8 Å². The highest BCUT2D eigenvalue weighted by atomic mass is 16.5. The fraction of sp³-hybridized carbons (Fsp3) is 0.292. The van der Waals surface area contributed by atoms with Crippen LogP contribution in [0.2, 0.25) is 0 Å². The van der Waals surface area contributed by atoms with E-state index in [1.165, 1.54) is 4.90 Å². The number of aryl methyl sites for hydroxylation is 1. The SMILES string of the molecule is CC#CC(=O)c1c(C)nc2c3c(c(C(=O)N(C)C)cn12)CCC(c1ccccc1)O3. The number of rotatable bonds is 3. The quantitative estimate of drug-likeness (QED) is 0.382. The lowest BCUT2D eigenvalue weighted by Gasteiger charge is -2.28. The van der Waals surface area contributed by atoms with Crippen molar-refractivity contribution in [1.29, 1.82) is 0 Å². The van der Waals surface area contributed by atoms with E-state index in [0.717, 1.165) is 17.5 Å². The maximum atomic E-state index is 12.9. The molecule has 0 N–H and O–H groups in total. The van der Waals surface area contributed by atoms with Crippen molar-refractivity contribution in [1.82, 2.24) is 14.3 Å². The van der Waals surface area contributed by atoms with Crippen LogP contribution in [0.5, 0.6) is 5.75 Å². The van der Waals surface area contributed by atoms with E-state index in [4.69, 9.17) is 4.74 Å². The summed E-state index contributed by atoms with van der Waals surface area (Å²) < 4.78 is 8.07. The summed E-state index contributed by atoms with van der Waals surface area (Å²) in [4.78, 5) is 31.7. The Hall–Kier alpha value is -3.59. The first-order valence-electron chi connectivity index (χ1n) is 9.87. The lowest BCUT2D eigenvalue weighted by molar-refractivity contribution is 0.0822. The van der Waals surface area contributed by atoms with Crippen LogP contribution in [-0.2, 0) is 6.42 Å². The van der Waals surface area contributed by atoms with E-state index in [1.807, 2.05) is 30.3 Å². The predicted octanol–water partition coefficient (Wildman–Crippen LogP) is 3.62. The first-order valence-corrected chi connectivity index (χ1v) is 9.87. The Morgan fingerprint density at radius 2 is 1.97 bits per heavy atom. The minimum absolute atomic E-state index is 0.138. The van der Waals surface area contributed by atoms with Gasteiger partial charge in [0.05, 0.1) is 11.3 Å². The first kappa shape index (κ1) is 19.7. The zero-order valence-electron chi connectivity index (χ0n) is 17.5. The summed E-state index contributed by atoms with van der Waals surface area (Å²) in [5, 5.41) is 0. The summed E-state index contributed by atoms with van der Waals surface area (Å²) in [6, 6.07) is 10.00. The van der Waals surface area contributed by atoms with Gasteiger partial charge < -0.3 is 9.64 Å². The number of nitrogens with zero attached hydrogens (tertiary/aromatic N) is 3. The number of hydrogen-bond acceptors (Lipinski definition) is 4. The number of ketones is 1. The van der Waals surface area contributed by atoms with Gasteiger partial charge in [0.25, 0.3) is 11.7 Å². The fourth-order valence-corrected chi connectivity index (χ4v) is 3.92. The second-order valence-electron chi connectivity index (χ2n) is 7.55. The van der Waals surface area contributed by atoms with Gasteiger partial charge in [0.15, 0.2) is 11.4 Å². The number of pyridine rings is 1. The van der Waals surface area contributed by atoms with E-state index in [0.29, 0.717) is 34.8 Å². The summed E-state index contributed by atoms with van der Waals surface area (Å²) in [7, 11) is 3.42. The van der Waals surface area contributed by atoms with Gasteiger partial charge in [-0.2, -0.15) is 0 Å². The molecule has 0 aliphatic carbocycles. The maximum absolute atomic E-state index is 12.9. The zero-order valence-corrected chi connectivity index (χ0v) is 17.5. The van der Waals surface area contributed by atoms with Gasteiger partial charge in [0.2, 0.25) is 0 Å². The van der Waals surface area contributed by atoms with Gasteiger partial charge in [-0.15, -0.1) is 0 Å². The molecule has 0 fully saturated rings. The lowest BCUT2D eigenvalue weighted by atomic mass is 9.95. The third kappa shape index (κ3) is 3.22. The average molecular weight is 401 g/mol. The van der Waals surface area contributed by atoms with Crippen molar-refractivity contribution < 1.29 is 14.3 Å². The number of Topliss-reactive ketones (excluding diaryl/α,β-unsaturated/α-hetero) is 1. The number of aromatic nitrogens is 2. The van der Waals surface area contributed by atoms with E-state index >= 15 is 0 Å². The Morgan fingerprint density at radius 3 is 2.63 bits per heavy atom. The molecular formula is C24H23N3O3. The molecule has 152 valence electrons. The number of carbonyl (C=O) groups excluding carboxylic acids is 2. The molecule has 3 heterocycles. The van der Waals surface area contributed by atoms with Gasteiger partial charge >= 0.3 is 0 Å². The molecule has 0 saturated carbocycles. The van der Waals surface area contributed by atoms with Gasteiger partial charge in [-0.25, -0.2) is 4.98 Å². The van der Waals surface area contributed by atoms with Gasteiger partial charge in [-0.3, -0.25) is 14.0 Å². The summed E-state index contributed by atoms with van der Waals surface area (Å²) >= 11 is 0. The van der Waals surface area contributed by atoms with Crippen molar-refractivity contribution >= 4 is 17.3 Å². The van der Waals surface area contributed by atoms with E-state index in [9.17, 15) is 9.59 Å². The number of imidazole rings is 1. The van der Waals surface area contributed by atoms with Gasteiger partial charge in [0.1, 0.15) is 11.8 Å². The summed E-state index contributed by atoms with van der Waals surface area (Å²) in [5.41, 5.74) is 3.89. The molecule has 1 aliphatic rings. The van der Waals surface area contributed by atoms with E-state index < -0.39 is 0 Å². The Balaban J connectivity index is 1.95. The maximum Gasteiger partial charge on any atom is 0.255 e. The Labute approximate surface area is 175 Å². The Bertz CT molecular complexity index is 1210. The molecule has 3 aromatic rings. The highest BCUT2D eigenvalue weighted by Crippen LogP contribution is 2.40. The molecule has 6 heteroatoms. The molecule has 2 aromatic heterocycles. The van der Waals surface area contributed by atoms with Crippen LogP contribution in [0.1, 0.15) is 57.1 Å². The van der Waals surface area contributed by atoms with Crippen molar-refractivity contribution in [2.24, 2.45) is 0 Å². The summed E-state index contributed by atoms with van der Waals surface area (Å²) in [6.07, 6.45) is 3.00. The summed E-state index contributed by atoms with van der Waals surface area (Å²) in [6.45, 7) is 3.39. The predicted molar refractivity (Wildman–Crippen MR) is 114 cm³/mol. The molecule has 6 nitrogen and oxygen atoms in total. The van der Waals surface area contributed by atoms with Crippen LogP contribution in [0.25, 0.3) is 5.65 Å². The molecule has 0 radical (unpaired) electrons. The molecule has 30 heavy (non-hydrogen) atoms. The second-order valence-corrected chi connectivity index (χ2v) is 7.55. The van der Waals surface area contributed by atoms with Crippen molar-refractivity contribution in [2.45, 2.75) is 32.8 Å². The minimum atomic E-state index is -0.332. The average Bonchev–Trinajstić information content (AvgIpc) is 3.09. The lowest BCUT2D eigenvalue weighted by Crippen LogP contribution is -2.26. The number of fused-ring (bicyclic) bond motifs is 3. The molecule has 4 rings (SSSR count). The monoisotopic (exact) mass is 401 g/mol. The minimum Gasteiger partial charge on any atom is -0.481 e. The molecule has 1 unspecified atom stereocenters. The molecule has 0 saturated heterocycles. The largest absolute Gasteiger partial charge is 0.481 e. The molecule has 0 spiro atoms.